The molecule has 0 amide bonds. The Bertz CT molecular complexity index is 527. The molecule has 0 fully saturated rings. The first-order valence-corrected chi connectivity index (χ1v) is 6.32. The van der Waals surface area contributed by atoms with Gasteiger partial charge in [0.1, 0.15) is 0 Å². The Morgan fingerprint density at radius 3 is 2.94 bits per heavy atom. The molecule has 1 aromatic carbocycles. The van der Waals surface area contributed by atoms with E-state index in [4.69, 9.17) is 26.6 Å². The number of benzene rings is 1. The second kappa shape index (κ2) is 5.79. The maximum absolute atomic E-state index is 5.95. The minimum Gasteiger partial charge on any atom is -0.383 e. The van der Waals surface area contributed by atoms with E-state index in [1.165, 1.54) is 0 Å². The van der Waals surface area contributed by atoms with Crippen LogP contribution in [0.2, 0.25) is 5.02 Å². The largest absolute Gasteiger partial charge is 0.383 e. The normalized spacial score (nSPS) is 12.7. The van der Waals surface area contributed by atoms with E-state index in [1.807, 2.05) is 6.07 Å². The predicted molar refractivity (Wildman–Crippen MR) is 71.2 cm³/mol. The summed E-state index contributed by atoms with van der Waals surface area (Å²) in [5.74, 6) is 0.780. The molecule has 18 heavy (non-hydrogen) atoms. The van der Waals surface area contributed by atoms with Gasteiger partial charge in [0.05, 0.1) is 12.6 Å². The highest BCUT2D eigenvalue weighted by Crippen LogP contribution is 2.26. The third-order valence-electron chi connectivity index (χ3n) is 2.23. The summed E-state index contributed by atoms with van der Waals surface area (Å²) in [6, 6.07) is 4.95. The second-order valence-electron chi connectivity index (χ2n) is 3.68. The van der Waals surface area contributed by atoms with Gasteiger partial charge < -0.3 is 15.0 Å². The molecule has 0 saturated carbocycles. The van der Waals surface area contributed by atoms with E-state index in [0.29, 0.717) is 23.3 Å². The van der Waals surface area contributed by atoms with Crippen LogP contribution in [-0.4, -0.2) is 23.9 Å². The molecule has 1 atom stereocenters. The molecule has 5 nitrogen and oxygen atoms in total. The Morgan fingerprint density at radius 1 is 1.50 bits per heavy atom. The van der Waals surface area contributed by atoms with Crippen LogP contribution in [0.1, 0.15) is 11.9 Å². The summed E-state index contributed by atoms with van der Waals surface area (Å²) in [6.45, 7) is 0.332. The molecule has 1 aromatic heterocycles. The van der Waals surface area contributed by atoms with Crippen molar-refractivity contribution in [3.05, 3.63) is 33.5 Å². The summed E-state index contributed by atoms with van der Waals surface area (Å²) in [6.07, 6.45) is 0. The van der Waals surface area contributed by atoms with Crippen molar-refractivity contribution >= 4 is 27.5 Å². The zero-order valence-corrected chi connectivity index (χ0v) is 11.9. The number of rotatable bonds is 4. The molecule has 0 spiro atoms. The predicted octanol–water partition coefficient (Wildman–Crippen LogP) is 2.80. The molecule has 1 unspecified atom stereocenters. The molecule has 96 valence electrons. The Balaban J connectivity index is 2.29. The van der Waals surface area contributed by atoms with Gasteiger partial charge in [-0.25, -0.2) is 0 Å². The molecule has 0 aliphatic heterocycles. The standard InChI is InChI=1S/C11H11BrClN3O2/c1-17-5-9(14)10-15-11(18-16-10)6-2-7(12)4-8(13)3-6/h2-4,9H,5,14H2,1H3. The van der Waals surface area contributed by atoms with Gasteiger partial charge in [0.25, 0.3) is 5.89 Å². The average Bonchev–Trinajstić information content (AvgIpc) is 2.77. The maximum Gasteiger partial charge on any atom is 0.258 e. The van der Waals surface area contributed by atoms with E-state index >= 15 is 0 Å². The molecule has 1 heterocycles. The van der Waals surface area contributed by atoms with Gasteiger partial charge in [-0.15, -0.1) is 0 Å². The van der Waals surface area contributed by atoms with E-state index in [0.717, 1.165) is 10.0 Å². The third-order valence-corrected chi connectivity index (χ3v) is 2.91. The number of aromatic nitrogens is 2. The lowest BCUT2D eigenvalue weighted by molar-refractivity contribution is 0.177. The number of nitrogens with two attached hydrogens (primary N) is 1. The summed E-state index contributed by atoms with van der Waals surface area (Å²) >= 11 is 9.31. The van der Waals surface area contributed by atoms with E-state index in [9.17, 15) is 0 Å². The Labute approximate surface area is 117 Å². The van der Waals surface area contributed by atoms with Crippen LogP contribution < -0.4 is 5.73 Å². The van der Waals surface area contributed by atoms with Crippen molar-refractivity contribution in [2.24, 2.45) is 5.73 Å². The molecule has 2 N–H and O–H groups in total. The van der Waals surface area contributed by atoms with Crippen LogP contribution in [0.3, 0.4) is 0 Å². The summed E-state index contributed by atoms with van der Waals surface area (Å²) in [5.41, 5.74) is 6.55. The van der Waals surface area contributed by atoms with Crippen molar-refractivity contribution in [1.82, 2.24) is 10.1 Å². The minimum atomic E-state index is -0.407. The first-order chi connectivity index (χ1) is 8.60. The van der Waals surface area contributed by atoms with Crippen LogP contribution >= 0.6 is 27.5 Å². The highest BCUT2D eigenvalue weighted by Gasteiger charge is 2.15. The fourth-order valence-electron chi connectivity index (χ4n) is 1.43. The van der Waals surface area contributed by atoms with Crippen molar-refractivity contribution in [2.75, 3.05) is 13.7 Å². The first-order valence-electron chi connectivity index (χ1n) is 5.14. The highest BCUT2D eigenvalue weighted by molar-refractivity contribution is 9.10. The van der Waals surface area contributed by atoms with Crippen molar-refractivity contribution in [3.63, 3.8) is 0 Å². The summed E-state index contributed by atoms with van der Waals surface area (Å²) < 4.78 is 10.9. The van der Waals surface area contributed by atoms with Gasteiger partial charge in [-0.2, -0.15) is 4.98 Å². The molecule has 2 rings (SSSR count). The molecule has 7 heteroatoms. The van der Waals surface area contributed by atoms with Crippen molar-refractivity contribution in [3.8, 4) is 11.5 Å². The Morgan fingerprint density at radius 2 is 2.28 bits per heavy atom. The van der Waals surface area contributed by atoms with Gasteiger partial charge >= 0.3 is 0 Å². The lowest BCUT2D eigenvalue weighted by atomic mass is 10.2. The van der Waals surface area contributed by atoms with Gasteiger partial charge in [-0.05, 0) is 18.2 Å². The van der Waals surface area contributed by atoms with E-state index in [-0.39, 0.29) is 0 Å². The number of nitrogens with zero attached hydrogens (tertiary/aromatic N) is 2. The van der Waals surface area contributed by atoms with Crippen LogP contribution in [0.15, 0.2) is 27.2 Å². The number of ether oxygens (including phenoxy) is 1. The smallest absolute Gasteiger partial charge is 0.258 e. The highest BCUT2D eigenvalue weighted by atomic mass is 79.9. The van der Waals surface area contributed by atoms with Gasteiger partial charge in [-0.3, -0.25) is 0 Å². The lowest BCUT2D eigenvalue weighted by Crippen LogP contribution is -2.17. The SMILES string of the molecule is COCC(N)c1noc(-c2cc(Cl)cc(Br)c2)n1. The first kappa shape index (κ1) is 13.5. The Kier molecular flexibility index (Phi) is 4.34. The van der Waals surface area contributed by atoms with Crippen LogP contribution in [-0.2, 0) is 4.74 Å². The maximum atomic E-state index is 5.95. The van der Waals surface area contributed by atoms with Gasteiger partial charge in [0.2, 0.25) is 0 Å². The molecular formula is C11H11BrClN3O2. The Hall–Kier alpha value is -0.950. The monoisotopic (exact) mass is 331 g/mol. The average molecular weight is 333 g/mol. The summed E-state index contributed by atoms with van der Waals surface area (Å²) in [4.78, 5) is 4.22. The van der Waals surface area contributed by atoms with Gasteiger partial charge in [0.15, 0.2) is 5.82 Å². The fraction of sp³-hybridized carbons (Fsp3) is 0.273. The molecule has 0 aliphatic rings. The second-order valence-corrected chi connectivity index (χ2v) is 5.03. The summed E-state index contributed by atoms with van der Waals surface area (Å²) in [5, 5.41) is 4.40. The number of hydrogen-bond donors (Lipinski definition) is 1. The van der Waals surface area contributed by atoms with E-state index < -0.39 is 6.04 Å². The van der Waals surface area contributed by atoms with Crippen LogP contribution in [0.4, 0.5) is 0 Å². The molecule has 0 bridgehead atoms. The van der Waals surface area contributed by atoms with Crippen molar-refractivity contribution in [2.45, 2.75) is 6.04 Å². The number of hydrogen-bond acceptors (Lipinski definition) is 5. The van der Waals surface area contributed by atoms with Crippen LogP contribution in [0.25, 0.3) is 11.5 Å². The quantitative estimate of drug-likeness (QED) is 0.932. The van der Waals surface area contributed by atoms with E-state index in [2.05, 4.69) is 26.1 Å². The molecule has 0 aliphatic carbocycles. The topological polar surface area (TPSA) is 74.2 Å². The van der Waals surface area contributed by atoms with E-state index in [1.54, 1.807) is 19.2 Å². The zero-order chi connectivity index (χ0) is 13.1. The summed E-state index contributed by atoms with van der Waals surface area (Å²) in [7, 11) is 1.56. The molecular weight excluding hydrogens is 321 g/mol. The zero-order valence-electron chi connectivity index (χ0n) is 9.56. The number of methoxy groups -OCH3 is 1. The fourth-order valence-corrected chi connectivity index (χ4v) is 2.29. The minimum absolute atomic E-state index is 0.332. The van der Waals surface area contributed by atoms with Crippen LogP contribution in [0, 0.1) is 0 Å². The third kappa shape index (κ3) is 3.08. The lowest BCUT2D eigenvalue weighted by Gasteiger charge is -2.03. The van der Waals surface area contributed by atoms with Crippen molar-refractivity contribution < 1.29 is 9.26 Å². The van der Waals surface area contributed by atoms with Crippen LogP contribution in [0.5, 0.6) is 0 Å². The number of halogens is 2. The van der Waals surface area contributed by atoms with Gasteiger partial charge in [0, 0.05) is 22.2 Å². The molecule has 0 saturated heterocycles. The van der Waals surface area contributed by atoms with Crippen molar-refractivity contribution in [1.29, 1.82) is 0 Å². The molecule has 0 radical (unpaired) electrons. The molecule has 2 aromatic rings. The van der Waals surface area contributed by atoms with Gasteiger partial charge in [-0.1, -0.05) is 32.7 Å².